The first kappa shape index (κ1) is 31.7. The van der Waals surface area contributed by atoms with Crippen molar-refractivity contribution in [2.24, 2.45) is 0 Å². The summed E-state index contributed by atoms with van der Waals surface area (Å²) in [6, 6.07) is 58.7. The second-order valence-electron chi connectivity index (χ2n) is 13.8. The zero-order valence-electron chi connectivity index (χ0n) is 30.0. The van der Waals surface area contributed by atoms with E-state index in [2.05, 4.69) is 111 Å². The van der Waals surface area contributed by atoms with E-state index in [1.54, 1.807) is 0 Å². The van der Waals surface area contributed by atoms with Gasteiger partial charge in [-0.15, -0.1) is 0 Å². The van der Waals surface area contributed by atoms with Crippen molar-refractivity contribution < 1.29 is 0 Å². The fourth-order valence-corrected chi connectivity index (χ4v) is 7.90. The number of para-hydroxylation sites is 2. The van der Waals surface area contributed by atoms with E-state index in [0.29, 0.717) is 17.6 Å². The molecule has 7 nitrogen and oxygen atoms in total. The Bertz CT molecular complexity index is 3170. The molecule has 6 aromatic carbocycles. The van der Waals surface area contributed by atoms with Gasteiger partial charge in [-0.2, -0.15) is 9.97 Å². The van der Waals surface area contributed by atoms with Crippen molar-refractivity contribution in [1.29, 1.82) is 0 Å². The summed E-state index contributed by atoms with van der Waals surface area (Å²) in [5.74, 6) is 1.82. The lowest BCUT2D eigenvalue weighted by Crippen LogP contribution is -2.06. The first-order valence-electron chi connectivity index (χ1n) is 18.6. The molecular formula is C49H31N7. The zero-order chi connectivity index (χ0) is 37.0. The van der Waals surface area contributed by atoms with E-state index in [-0.39, 0.29) is 0 Å². The summed E-state index contributed by atoms with van der Waals surface area (Å²) < 4.78 is 4.45. The van der Waals surface area contributed by atoms with E-state index in [0.717, 1.165) is 66.5 Å². The zero-order valence-corrected chi connectivity index (χ0v) is 30.0. The van der Waals surface area contributed by atoms with Crippen LogP contribution in [0.4, 0.5) is 0 Å². The molecule has 0 aliphatic rings. The minimum absolute atomic E-state index is 0.569. The van der Waals surface area contributed by atoms with E-state index in [1.807, 2.05) is 91.4 Å². The van der Waals surface area contributed by atoms with Crippen LogP contribution in [0.3, 0.4) is 0 Å². The lowest BCUT2D eigenvalue weighted by atomic mass is 10.0. The summed E-state index contributed by atoms with van der Waals surface area (Å²) >= 11 is 0. The molecule has 0 aliphatic heterocycles. The summed E-state index contributed by atoms with van der Waals surface area (Å²) in [6.07, 6.45) is 5.66. The highest BCUT2D eigenvalue weighted by Crippen LogP contribution is 2.37. The van der Waals surface area contributed by atoms with Crippen molar-refractivity contribution >= 4 is 43.6 Å². The summed E-state index contributed by atoms with van der Waals surface area (Å²) in [7, 11) is 0. The molecule has 0 N–H and O–H groups in total. The minimum atomic E-state index is 0.569. The molecular weight excluding hydrogens is 687 g/mol. The molecule has 7 heteroatoms. The van der Waals surface area contributed by atoms with Crippen molar-refractivity contribution in [3.8, 4) is 56.8 Å². The summed E-state index contributed by atoms with van der Waals surface area (Å²) in [4.78, 5) is 24.3. The molecule has 56 heavy (non-hydrogen) atoms. The third-order valence-corrected chi connectivity index (χ3v) is 10.5. The van der Waals surface area contributed by atoms with Crippen LogP contribution in [0.5, 0.6) is 0 Å². The number of nitrogens with zero attached hydrogens (tertiary/aromatic N) is 7. The van der Waals surface area contributed by atoms with Crippen molar-refractivity contribution in [2.75, 3.05) is 0 Å². The van der Waals surface area contributed by atoms with Gasteiger partial charge in [0.15, 0.2) is 11.6 Å². The quantitative estimate of drug-likeness (QED) is 0.171. The Kier molecular flexibility index (Phi) is 7.35. The molecule has 0 unspecified atom stereocenters. The molecule has 0 aliphatic carbocycles. The molecule has 0 saturated heterocycles. The highest BCUT2D eigenvalue weighted by molar-refractivity contribution is 6.11. The topological polar surface area (TPSA) is 74.3 Å². The fourth-order valence-electron chi connectivity index (χ4n) is 7.90. The molecule has 0 radical (unpaired) electrons. The second-order valence-corrected chi connectivity index (χ2v) is 13.8. The lowest BCUT2D eigenvalue weighted by Gasteiger charge is -2.11. The van der Waals surface area contributed by atoms with E-state index in [9.17, 15) is 0 Å². The van der Waals surface area contributed by atoms with Gasteiger partial charge in [0.25, 0.3) is 0 Å². The number of hydrogen-bond donors (Lipinski definition) is 0. The minimum Gasteiger partial charge on any atom is -0.309 e. The molecule has 0 spiro atoms. The number of pyridine rings is 2. The van der Waals surface area contributed by atoms with E-state index >= 15 is 0 Å². The van der Waals surface area contributed by atoms with Crippen molar-refractivity contribution in [1.82, 2.24) is 34.1 Å². The van der Waals surface area contributed by atoms with Crippen LogP contribution in [0.25, 0.3) is 100 Å². The average Bonchev–Trinajstić information content (AvgIpc) is 3.79. The Morgan fingerprint density at radius 2 is 0.875 bits per heavy atom. The van der Waals surface area contributed by atoms with Crippen molar-refractivity contribution in [3.63, 3.8) is 0 Å². The van der Waals surface area contributed by atoms with Crippen LogP contribution >= 0.6 is 0 Å². The predicted octanol–water partition coefficient (Wildman–Crippen LogP) is 11.5. The number of aromatic nitrogens is 7. The Balaban J connectivity index is 1.000. The highest BCUT2D eigenvalue weighted by Gasteiger charge is 2.19. The SMILES string of the molecule is c1ccc(-c2nc(-c3ccccc3)nc(-n3c4ccccc4c4cc(-c5ccc(-c6ccc7c(c6)c6ccccc6n7-c6ccncc6)cn5)ccc43)n2)cc1. The lowest BCUT2D eigenvalue weighted by molar-refractivity contribution is 0.953. The molecule has 0 amide bonds. The molecule has 262 valence electrons. The van der Waals surface area contributed by atoms with Crippen LogP contribution in [0.15, 0.2) is 188 Å². The summed E-state index contributed by atoms with van der Waals surface area (Å²) in [5.41, 5.74) is 11.4. The van der Waals surface area contributed by atoms with Gasteiger partial charge in [-0.05, 0) is 60.2 Å². The fraction of sp³-hybridized carbons (Fsp3) is 0. The van der Waals surface area contributed by atoms with Gasteiger partial charge in [0.05, 0.1) is 27.8 Å². The number of rotatable bonds is 6. The van der Waals surface area contributed by atoms with Crippen molar-refractivity contribution in [2.45, 2.75) is 0 Å². The largest absolute Gasteiger partial charge is 0.309 e. The van der Waals surface area contributed by atoms with Gasteiger partial charge in [0, 0.05) is 68.1 Å². The van der Waals surface area contributed by atoms with E-state index < -0.39 is 0 Å². The Morgan fingerprint density at radius 3 is 1.50 bits per heavy atom. The third-order valence-electron chi connectivity index (χ3n) is 10.5. The van der Waals surface area contributed by atoms with Crippen LogP contribution < -0.4 is 0 Å². The van der Waals surface area contributed by atoms with Crippen LogP contribution in [-0.4, -0.2) is 34.1 Å². The molecule has 0 atom stereocenters. The molecule has 11 aromatic rings. The monoisotopic (exact) mass is 717 g/mol. The van der Waals surface area contributed by atoms with Gasteiger partial charge in [-0.3, -0.25) is 14.5 Å². The van der Waals surface area contributed by atoms with E-state index in [1.165, 1.54) is 16.3 Å². The average molecular weight is 718 g/mol. The molecule has 5 aromatic heterocycles. The highest BCUT2D eigenvalue weighted by atomic mass is 15.2. The normalized spacial score (nSPS) is 11.6. The maximum absolute atomic E-state index is 5.07. The summed E-state index contributed by atoms with van der Waals surface area (Å²) in [5, 5.41) is 4.62. The van der Waals surface area contributed by atoms with Crippen LogP contribution in [0.1, 0.15) is 0 Å². The van der Waals surface area contributed by atoms with Crippen LogP contribution in [-0.2, 0) is 0 Å². The molecule has 11 rings (SSSR count). The first-order chi connectivity index (χ1) is 27.8. The first-order valence-corrected chi connectivity index (χ1v) is 18.6. The maximum Gasteiger partial charge on any atom is 0.238 e. The second kappa shape index (κ2) is 13.0. The van der Waals surface area contributed by atoms with Gasteiger partial charge in [0.2, 0.25) is 5.95 Å². The van der Waals surface area contributed by atoms with Gasteiger partial charge in [0.1, 0.15) is 0 Å². The van der Waals surface area contributed by atoms with Crippen molar-refractivity contribution in [3.05, 3.63) is 188 Å². The van der Waals surface area contributed by atoms with Gasteiger partial charge in [-0.25, -0.2) is 4.98 Å². The molecule has 0 fully saturated rings. The predicted molar refractivity (Wildman–Crippen MR) is 226 cm³/mol. The Labute approximate surface area is 321 Å². The van der Waals surface area contributed by atoms with Gasteiger partial charge < -0.3 is 4.57 Å². The molecule has 0 bridgehead atoms. The summed E-state index contributed by atoms with van der Waals surface area (Å²) in [6.45, 7) is 0. The standard InChI is InChI=1S/C49H31N7/c1-3-11-32(12-4-1)47-52-48(33-13-5-2-6-14-33)54-49(53-47)56-44-18-10-8-16-39(44)41-30-35(21-24-46(41)56)42-22-19-36(31-51-42)34-20-23-45-40(29-34)38-15-7-9-17-43(38)55(45)37-25-27-50-28-26-37/h1-31H. The number of fused-ring (bicyclic) bond motifs is 6. The number of benzene rings is 6. The van der Waals surface area contributed by atoms with Gasteiger partial charge in [-0.1, -0.05) is 115 Å². The maximum atomic E-state index is 5.07. The Morgan fingerprint density at radius 1 is 0.357 bits per heavy atom. The Hall–Kier alpha value is -7.77. The van der Waals surface area contributed by atoms with E-state index in [4.69, 9.17) is 19.9 Å². The smallest absolute Gasteiger partial charge is 0.238 e. The third kappa shape index (κ3) is 5.25. The van der Waals surface area contributed by atoms with Crippen LogP contribution in [0, 0.1) is 0 Å². The number of hydrogen-bond acceptors (Lipinski definition) is 5. The molecule has 5 heterocycles. The van der Waals surface area contributed by atoms with Gasteiger partial charge >= 0.3 is 0 Å². The molecule has 0 saturated carbocycles. The van der Waals surface area contributed by atoms with Crippen LogP contribution in [0.2, 0.25) is 0 Å².